The number of unbranched alkanes of at least 4 members (excludes halogenated alkanes) is 14. The molecule has 0 aromatic carbocycles. The Morgan fingerprint density at radius 3 is 1.45 bits per heavy atom. The van der Waals surface area contributed by atoms with Crippen LogP contribution in [-0.4, -0.2) is 25.2 Å². The third kappa shape index (κ3) is 25.4. The van der Waals surface area contributed by atoms with Gasteiger partial charge in [-0.3, -0.25) is 9.59 Å². The summed E-state index contributed by atoms with van der Waals surface area (Å²) in [4.78, 5) is 23.4. The Morgan fingerprint density at radius 1 is 0.515 bits per heavy atom. The molecule has 0 amide bonds. The van der Waals surface area contributed by atoms with Gasteiger partial charge in [0.05, 0.1) is 13.2 Å². The quantitative estimate of drug-likeness (QED) is 0.0991. The topological polar surface area (TPSA) is 52.6 Å². The van der Waals surface area contributed by atoms with E-state index in [1.807, 2.05) is 0 Å². The Labute approximate surface area is 206 Å². The van der Waals surface area contributed by atoms with Crippen LogP contribution in [0, 0.1) is 5.92 Å². The largest absolute Gasteiger partial charge is 0.466 e. The lowest BCUT2D eigenvalue weighted by molar-refractivity contribution is -0.144. The van der Waals surface area contributed by atoms with Crippen molar-refractivity contribution in [3.05, 3.63) is 0 Å². The normalized spacial score (nSPS) is 12.0. The first-order valence-corrected chi connectivity index (χ1v) is 14.4. The molecule has 0 aromatic rings. The van der Waals surface area contributed by atoms with E-state index in [1.165, 1.54) is 83.5 Å². The van der Waals surface area contributed by atoms with Crippen LogP contribution in [0.15, 0.2) is 0 Å². The van der Waals surface area contributed by atoms with Gasteiger partial charge >= 0.3 is 11.9 Å². The van der Waals surface area contributed by atoms with Gasteiger partial charge in [-0.1, -0.05) is 117 Å². The highest BCUT2D eigenvalue weighted by Gasteiger charge is 2.08. The highest BCUT2D eigenvalue weighted by atomic mass is 16.5. The summed E-state index contributed by atoms with van der Waals surface area (Å²) in [5.41, 5.74) is 0. The van der Waals surface area contributed by atoms with Crippen LogP contribution in [0.2, 0.25) is 0 Å². The third-order valence-corrected chi connectivity index (χ3v) is 6.44. The molecule has 196 valence electrons. The van der Waals surface area contributed by atoms with Gasteiger partial charge in [-0.2, -0.15) is 0 Å². The van der Waals surface area contributed by atoms with Crippen molar-refractivity contribution >= 4 is 11.9 Å². The van der Waals surface area contributed by atoms with Crippen molar-refractivity contribution in [1.82, 2.24) is 0 Å². The fraction of sp³-hybridized carbons (Fsp3) is 0.931. The second-order valence-corrected chi connectivity index (χ2v) is 9.93. The van der Waals surface area contributed by atoms with Crippen LogP contribution < -0.4 is 0 Å². The highest BCUT2D eigenvalue weighted by molar-refractivity contribution is 5.69. The summed E-state index contributed by atoms with van der Waals surface area (Å²) in [5.74, 6) is 0.582. The number of esters is 2. The average Bonchev–Trinajstić information content (AvgIpc) is 2.81. The van der Waals surface area contributed by atoms with E-state index < -0.39 is 0 Å². The van der Waals surface area contributed by atoms with E-state index in [0.717, 1.165) is 38.5 Å². The van der Waals surface area contributed by atoms with Gasteiger partial charge in [0.1, 0.15) is 0 Å². The molecule has 0 bridgehead atoms. The zero-order valence-electron chi connectivity index (χ0n) is 22.5. The van der Waals surface area contributed by atoms with E-state index in [1.54, 1.807) is 0 Å². The molecule has 0 aromatic heterocycles. The first-order chi connectivity index (χ1) is 16.1. The molecule has 0 saturated heterocycles. The van der Waals surface area contributed by atoms with E-state index in [0.29, 0.717) is 32.0 Å². The van der Waals surface area contributed by atoms with Crippen LogP contribution in [0.3, 0.4) is 0 Å². The summed E-state index contributed by atoms with van der Waals surface area (Å²) in [6, 6.07) is 0. The number of hydrogen-bond acceptors (Lipinski definition) is 4. The van der Waals surface area contributed by atoms with Crippen molar-refractivity contribution in [3.63, 3.8) is 0 Å². The SMILES string of the molecule is CCCCCCOC(=O)CCCCCCCCCCCC(C)CCC(=O)OCCCCCC. The predicted molar refractivity (Wildman–Crippen MR) is 139 cm³/mol. The molecule has 0 N–H and O–H groups in total. The van der Waals surface area contributed by atoms with Crippen LogP contribution in [0.4, 0.5) is 0 Å². The van der Waals surface area contributed by atoms with Crippen molar-refractivity contribution in [2.75, 3.05) is 13.2 Å². The molecule has 0 fully saturated rings. The maximum absolute atomic E-state index is 11.8. The molecule has 0 aliphatic rings. The highest BCUT2D eigenvalue weighted by Crippen LogP contribution is 2.17. The summed E-state index contributed by atoms with van der Waals surface area (Å²) >= 11 is 0. The molecule has 0 aliphatic carbocycles. The van der Waals surface area contributed by atoms with Crippen LogP contribution in [0.25, 0.3) is 0 Å². The monoisotopic (exact) mass is 468 g/mol. The van der Waals surface area contributed by atoms with Gasteiger partial charge in [0.25, 0.3) is 0 Å². The van der Waals surface area contributed by atoms with Crippen molar-refractivity contribution in [2.24, 2.45) is 5.92 Å². The van der Waals surface area contributed by atoms with Crippen LogP contribution in [0.5, 0.6) is 0 Å². The molecule has 4 nitrogen and oxygen atoms in total. The summed E-state index contributed by atoms with van der Waals surface area (Å²) in [6.45, 7) is 7.84. The fourth-order valence-electron chi connectivity index (χ4n) is 4.08. The Hall–Kier alpha value is -1.06. The molecular formula is C29H56O4. The molecule has 0 rings (SSSR count). The van der Waals surface area contributed by atoms with E-state index in [9.17, 15) is 9.59 Å². The molecule has 4 heteroatoms. The van der Waals surface area contributed by atoms with Crippen LogP contribution in [0.1, 0.15) is 156 Å². The maximum Gasteiger partial charge on any atom is 0.305 e. The van der Waals surface area contributed by atoms with Gasteiger partial charge in [-0.05, 0) is 31.6 Å². The van der Waals surface area contributed by atoms with Crippen molar-refractivity contribution in [3.8, 4) is 0 Å². The standard InChI is InChI=1S/C29H56O4/c1-4-6-8-19-25-32-28(30)22-18-16-14-12-10-11-13-15-17-21-27(3)23-24-29(31)33-26-20-9-7-5-2/h27H,4-26H2,1-3H3. The molecule has 0 aliphatic heterocycles. The second kappa shape index (κ2) is 25.6. The Morgan fingerprint density at radius 2 is 0.939 bits per heavy atom. The number of carbonyl (C=O) groups is 2. The molecule has 0 heterocycles. The zero-order valence-corrected chi connectivity index (χ0v) is 22.5. The predicted octanol–water partition coefficient (Wildman–Crippen LogP) is 8.94. The summed E-state index contributed by atoms with van der Waals surface area (Å²) < 4.78 is 10.6. The van der Waals surface area contributed by atoms with Gasteiger partial charge in [-0.15, -0.1) is 0 Å². The van der Waals surface area contributed by atoms with E-state index >= 15 is 0 Å². The van der Waals surface area contributed by atoms with E-state index in [2.05, 4.69) is 20.8 Å². The lowest BCUT2D eigenvalue weighted by Gasteiger charge is -2.11. The van der Waals surface area contributed by atoms with Gasteiger partial charge in [0, 0.05) is 12.8 Å². The number of carbonyl (C=O) groups excluding carboxylic acids is 2. The lowest BCUT2D eigenvalue weighted by Crippen LogP contribution is -2.08. The van der Waals surface area contributed by atoms with Crippen LogP contribution in [-0.2, 0) is 19.1 Å². The van der Waals surface area contributed by atoms with Crippen molar-refractivity contribution in [1.29, 1.82) is 0 Å². The van der Waals surface area contributed by atoms with Gasteiger partial charge in [0.15, 0.2) is 0 Å². The molecule has 0 spiro atoms. The maximum atomic E-state index is 11.8. The Balaban J connectivity index is 3.32. The summed E-state index contributed by atoms with van der Waals surface area (Å²) in [6.07, 6.45) is 23.7. The molecule has 0 saturated carbocycles. The Kier molecular flexibility index (Phi) is 24.7. The first-order valence-electron chi connectivity index (χ1n) is 14.4. The van der Waals surface area contributed by atoms with E-state index in [-0.39, 0.29) is 11.9 Å². The minimum absolute atomic E-state index is 0.0139. The molecular weight excluding hydrogens is 412 g/mol. The average molecular weight is 469 g/mol. The van der Waals surface area contributed by atoms with Gasteiger partial charge in [0.2, 0.25) is 0 Å². The molecule has 0 radical (unpaired) electrons. The van der Waals surface area contributed by atoms with Crippen LogP contribution >= 0.6 is 0 Å². The van der Waals surface area contributed by atoms with Crippen molar-refractivity contribution in [2.45, 2.75) is 156 Å². The number of ether oxygens (including phenoxy) is 2. The second-order valence-electron chi connectivity index (χ2n) is 9.93. The van der Waals surface area contributed by atoms with Crippen molar-refractivity contribution < 1.29 is 19.1 Å². The lowest BCUT2D eigenvalue weighted by atomic mass is 9.97. The summed E-state index contributed by atoms with van der Waals surface area (Å²) in [7, 11) is 0. The number of rotatable bonds is 25. The van der Waals surface area contributed by atoms with Gasteiger partial charge in [-0.25, -0.2) is 0 Å². The molecule has 1 atom stereocenters. The van der Waals surface area contributed by atoms with E-state index in [4.69, 9.17) is 9.47 Å². The number of hydrogen-bond donors (Lipinski definition) is 0. The first kappa shape index (κ1) is 31.9. The molecule has 1 unspecified atom stereocenters. The zero-order chi connectivity index (χ0) is 24.4. The minimum atomic E-state index is -0.0161. The van der Waals surface area contributed by atoms with Gasteiger partial charge < -0.3 is 9.47 Å². The fourth-order valence-corrected chi connectivity index (χ4v) is 4.08. The Bertz CT molecular complexity index is 435. The molecule has 33 heavy (non-hydrogen) atoms. The minimum Gasteiger partial charge on any atom is -0.466 e. The summed E-state index contributed by atoms with van der Waals surface area (Å²) in [5, 5.41) is 0. The third-order valence-electron chi connectivity index (χ3n) is 6.44. The smallest absolute Gasteiger partial charge is 0.305 e.